The lowest BCUT2D eigenvalue weighted by atomic mass is 9.79. The zero-order valence-electron chi connectivity index (χ0n) is 25.0. The second kappa shape index (κ2) is 11.9. The molecule has 0 aromatic heterocycles. The first-order chi connectivity index (χ1) is 17.6. The van der Waals surface area contributed by atoms with Crippen LogP contribution in [0.1, 0.15) is 122 Å². The number of likely N-dealkylation sites (tertiary alicyclic amines) is 1. The van der Waals surface area contributed by atoms with E-state index in [1.165, 1.54) is 0 Å². The van der Waals surface area contributed by atoms with Crippen LogP contribution < -0.4 is 5.32 Å². The molecule has 1 saturated heterocycles. The molecule has 1 heterocycles. The number of nitrogens with zero attached hydrogens (tertiary/aromatic N) is 2. The van der Waals surface area contributed by atoms with Gasteiger partial charge in [-0.05, 0) is 92.2 Å². The standard InChI is InChI=1S/C32H51N3O3/c1-22-15-18-35(23(2)19-22)28(21-36)34-32(17-13-26(20-32)31(6,7)8)33-27(14-16-30(3,4)5)24-9-11-25(12-10-24)29(37)38/h9-12,21-23,26-27,33H,13-20H2,1-8H3,(H,37,38)/b34-28+/t22?,23?,26?,27-,32?/m1/s1. The molecule has 212 valence electrons. The van der Waals surface area contributed by atoms with Crippen molar-refractivity contribution < 1.29 is 14.7 Å². The highest BCUT2D eigenvalue weighted by Gasteiger charge is 2.45. The first kappa shape index (κ1) is 30.3. The van der Waals surface area contributed by atoms with Gasteiger partial charge in [0.1, 0.15) is 5.66 Å². The van der Waals surface area contributed by atoms with Crippen LogP contribution in [-0.2, 0) is 4.79 Å². The number of aldehydes is 1. The Morgan fingerprint density at radius 1 is 1.16 bits per heavy atom. The Morgan fingerprint density at radius 2 is 1.82 bits per heavy atom. The largest absolute Gasteiger partial charge is 0.478 e. The average Bonchev–Trinajstić information content (AvgIpc) is 3.25. The van der Waals surface area contributed by atoms with E-state index in [1.54, 1.807) is 12.1 Å². The van der Waals surface area contributed by atoms with Gasteiger partial charge in [0.15, 0.2) is 12.1 Å². The fourth-order valence-corrected chi connectivity index (χ4v) is 6.24. The molecule has 2 N–H and O–H groups in total. The third-order valence-electron chi connectivity index (χ3n) is 8.77. The smallest absolute Gasteiger partial charge is 0.335 e. The molecule has 0 amide bonds. The van der Waals surface area contributed by atoms with Crippen LogP contribution in [0.3, 0.4) is 0 Å². The highest BCUT2D eigenvalue weighted by atomic mass is 16.4. The predicted octanol–water partition coefficient (Wildman–Crippen LogP) is 7.10. The molecule has 5 atom stereocenters. The monoisotopic (exact) mass is 525 g/mol. The Kier molecular flexibility index (Phi) is 9.49. The molecule has 0 radical (unpaired) electrons. The van der Waals surface area contributed by atoms with E-state index in [0.717, 1.165) is 63.3 Å². The summed E-state index contributed by atoms with van der Waals surface area (Å²) in [6.07, 6.45) is 7.84. The number of carbonyl (C=O) groups is 2. The number of hydrogen-bond donors (Lipinski definition) is 2. The lowest BCUT2D eigenvalue weighted by molar-refractivity contribution is -0.103. The van der Waals surface area contributed by atoms with Gasteiger partial charge in [0.2, 0.25) is 0 Å². The molecule has 6 heteroatoms. The number of rotatable bonds is 8. The van der Waals surface area contributed by atoms with E-state index in [-0.39, 0.29) is 16.9 Å². The van der Waals surface area contributed by atoms with Crippen molar-refractivity contribution in [3.63, 3.8) is 0 Å². The van der Waals surface area contributed by atoms with Crippen molar-refractivity contribution in [2.75, 3.05) is 6.54 Å². The molecule has 6 nitrogen and oxygen atoms in total. The van der Waals surface area contributed by atoms with Crippen LogP contribution in [0.15, 0.2) is 29.3 Å². The maximum Gasteiger partial charge on any atom is 0.335 e. The normalized spacial score (nSPS) is 27.8. The van der Waals surface area contributed by atoms with Crippen molar-refractivity contribution in [2.24, 2.45) is 27.7 Å². The molecule has 2 fully saturated rings. The van der Waals surface area contributed by atoms with Crippen molar-refractivity contribution in [3.05, 3.63) is 35.4 Å². The van der Waals surface area contributed by atoms with Crippen LogP contribution in [0, 0.1) is 22.7 Å². The zero-order valence-corrected chi connectivity index (χ0v) is 25.0. The fourth-order valence-electron chi connectivity index (χ4n) is 6.24. The van der Waals surface area contributed by atoms with Gasteiger partial charge in [0.25, 0.3) is 0 Å². The Bertz CT molecular complexity index is 989. The van der Waals surface area contributed by atoms with Gasteiger partial charge in [0.05, 0.1) is 5.56 Å². The molecule has 1 aliphatic carbocycles. The summed E-state index contributed by atoms with van der Waals surface area (Å²) < 4.78 is 0. The molecule has 1 aromatic rings. The summed E-state index contributed by atoms with van der Waals surface area (Å²) in [7, 11) is 0. The summed E-state index contributed by atoms with van der Waals surface area (Å²) in [5.41, 5.74) is 1.14. The number of amidine groups is 1. The van der Waals surface area contributed by atoms with Crippen molar-refractivity contribution in [2.45, 2.75) is 118 Å². The highest BCUT2D eigenvalue weighted by molar-refractivity contribution is 6.27. The molecule has 1 saturated carbocycles. The SMILES string of the molecule is CC1CCN(/C(C=O)=N/C2(N[C@H](CCC(C)(C)C)c3ccc(C(=O)O)cc3)CCC(C(C)(C)C)C2)C(C)C1. The van der Waals surface area contributed by atoms with Gasteiger partial charge >= 0.3 is 5.97 Å². The van der Waals surface area contributed by atoms with E-state index in [1.807, 2.05) is 12.1 Å². The summed E-state index contributed by atoms with van der Waals surface area (Å²) >= 11 is 0. The van der Waals surface area contributed by atoms with Crippen LogP contribution in [0.5, 0.6) is 0 Å². The third-order valence-corrected chi connectivity index (χ3v) is 8.77. The predicted molar refractivity (Wildman–Crippen MR) is 156 cm³/mol. The number of aromatic carboxylic acids is 1. The minimum atomic E-state index is -0.916. The fraction of sp³-hybridized carbons (Fsp3) is 0.719. The topological polar surface area (TPSA) is 82.0 Å². The quantitative estimate of drug-likeness (QED) is 0.215. The van der Waals surface area contributed by atoms with E-state index >= 15 is 0 Å². The van der Waals surface area contributed by atoms with E-state index in [9.17, 15) is 14.7 Å². The Morgan fingerprint density at radius 3 is 2.32 bits per heavy atom. The number of aliphatic imine (C=N–C) groups is 1. The Balaban J connectivity index is 2.01. The second-order valence-electron chi connectivity index (χ2n) is 14.3. The highest BCUT2D eigenvalue weighted by Crippen LogP contribution is 2.46. The number of nitrogens with one attached hydrogen (secondary N) is 1. The van der Waals surface area contributed by atoms with E-state index < -0.39 is 11.6 Å². The molecular weight excluding hydrogens is 474 g/mol. The van der Waals surface area contributed by atoms with E-state index in [0.29, 0.717) is 29.3 Å². The van der Waals surface area contributed by atoms with Gasteiger partial charge in [-0.1, -0.05) is 60.6 Å². The molecule has 38 heavy (non-hydrogen) atoms. The minimum absolute atomic E-state index is 0.00578. The molecule has 4 unspecified atom stereocenters. The van der Waals surface area contributed by atoms with E-state index in [4.69, 9.17) is 4.99 Å². The summed E-state index contributed by atoms with van der Waals surface area (Å²) in [6, 6.07) is 7.56. The van der Waals surface area contributed by atoms with E-state index in [2.05, 4.69) is 65.6 Å². The van der Waals surface area contributed by atoms with Crippen LogP contribution in [-0.4, -0.2) is 46.3 Å². The minimum Gasteiger partial charge on any atom is -0.478 e. The second-order valence-corrected chi connectivity index (χ2v) is 14.3. The lowest BCUT2D eigenvalue weighted by Crippen LogP contribution is -2.50. The number of hydrogen-bond acceptors (Lipinski definition) is 4. The molecule has 1 aromatic carbocycles. The summed E-state index contributed by atoms with van der Waals surface area (Å²) in [4.78, 5) is 31.5. The zero-order chi connectivity index (χ0) is 28.3. The van der Waals surface area contributed by atoms with Crippen molar-refractivity contribution >= 4 is 18.1 Å². The van der Waals surface area contributed by atoms with Crippen molar-refractivity contribution in [1.82, 2.24) is 10.2 Å². The number of benzene rings is 1. The van der Waals surface area contributed by atoms with Gasteiger partial charge in [-0.25, -0.2) is 9.79 Å². The van der Waals surface area contributed by atoms with Crippen LogP contribution in [0.4, 0.5) is 0 Å². The first-order valence-corrected chi connectivity index (χ1v) is 14.5. The molecule has 0 bridgehead atoms. The van der Waals surface area contributed by atoms with Crippen LogP contribution >= 0.6 is 0 Å². The summed E-state index contributed by atoms with van der Waals surface area (Å²) in [6.45, 7) is 19.0. The van der Waals surface area contributed by atoms with Gasteiger partial charge in [-0.2, -0.15) is 0 Å². The number of piperidine rings is 1. The van der Waals surface area contributed by atoms with Gasteiger partial charge in [-0.15, -0.1) is 0 Å². The Hall–Kier alpha value is -2.21. The van der Waals surface area contributed by atoms with Crippen molar-refractivity contribution in [3.8, 4) is 0 Å². The van der Waals surface area contributed by atoms with Gasteiger partial charge in [-0.3, -0.25) is 10.1 Å². The summed E-state index contributed by atoms with van der Waals surface area (Å²) in [5, 5.41) is 13.4. The Labute approximate surface area is 230 Å². The molecule has 2 aliphatic rings. The molecule has 0 spiro atoms. The van der Waals surface area contributed by atoms with Gasteiger partial charge < -0.3 is 10.0 Å². The number of carboxylic acid groups (broad SMARTS) is 1. The molecular formula is C32H51N3O3. The van der Waals surface area contributed by atoms with Crippen LogP contribution in [0.25, 0.3) is 0 Å². The first-order valence-electron chi connectivity index (χ1n) is 14.5. The van der Waals surface area contributed by atoms with Gasteiger partial charge in [0, 0.05) is 18.6 Å². The number of carbonyl (C=O) groups excluding carboxylic acids is 1. The van der Waals surface area contributed by atoms with Crippen molar-refractivity contribution in [1.29, 1.82) is 0 Å². The number of carboxylic acids is 1. The maximum absolute atomic E-state index is 12.5. The molecule has 1 aliphatic heterocycles. The third kappa shape index (κ3) is 7.91. The maximum atomic E-state index is 12.5. The van der Waals surface area contributed by atoms with Crippen LogP contribution in [0.2, 0.25) is 0 Å². The lowest BCUT2D eigenvalue weighted by Gasteiger charge is -2.40. The summed E-state index contributed by atoms with van der Waals surface area (Å²) in [5.74, 6) is 0.806. The average molecular weight is 526 g/mol. The molecule has 3 rings (SSSR count).